The van der Waals surface area contributed by atoms with Crippen LogP contribution in [0.3, 0.4) is 0 Å². The van der Waals surface area contributed by atoms with Crippen LogP contribution < -0.4 is 20.9 Å². The first-order valence-electron chi connectivity index (χ1n) is 19.5. The van der Waals surface area contributed by atoms with Crippen LogP contribution in [0.5, 0.6) is 0 Å². The summed E-state index contributed by atoms with van der Waals surface area (Å²) in [5.41, 5.74) is 8.48. The molecule has 2 atom stereocenters. The lowest BCUT2D eigenvalue weighted by Crippen LogP contribution is -2.53. The number of nitrogens with one attached hydrogen (secondary N) is 1. The lowest BCUT2D eigenvalue weighted by molar-refractivity contribution is 0.0683. The Morgan fingerprint density at radius 2 is 1.16 bits per heavy atom. The number of aromatic carboxylic acids is 1. The minimum absolute atomic E-state index is 0.0215. The molecule has 0 aliphatic carbocycles. The lowest BCUT2D eigenvalue weighted by Gasteiger charge is -2.28. The zero-order chi connectivity index (χ0) is 42.4. The van der Waals surface area contributed by atoms with Crippen molar-refractivity contribution in [3.8, 4) is 11.4 Å². The van der Waals surface area contributed by atoms with Crippen molar-refractivity contribution in [3.63, 3.8) is 0 Å². The van der Waals surface area contributed by atoms with E-state index < -0.39 is 23.0 Å². The van der Waals surface area contributed by atoms with Gasteiger partial charge in [0.25, 0.3) is 11.7 Å². The maximum atomic E-state index is 12.8. The summed E-state index contributed by atoms with van der Waals surface area (Å²) in [6.45, 7) is 2.46. The van der Waals surface area contributed by atoms with Crippen molar-refractivity contribution in [2.75, 3.05) is 49.2 Å². The highest BCUT2D eigenvalue weighted by Crippen LogP contribution is 2.29. The van der Waals surface area contributed by atoms with E-state index in [-0.39, 0.29) is 24.9 Å². The zero-order valence-electron chi connectivity index (χ0n) is 33.0. The highest BCUT2D eigenvalue weighted by atomic mass is 16.4. The third-order valence-corrected chi connectivity index (χ3v) is 10.6. The quantitative estimate of drug-likeness (QED) is 0.141. The van der Waals surface area contributed by atoms with Crippen LogP contribution in [0.2, 0.25) is 0 Å². The lowest BCUT2D eigenvalue weighted by atomic mass is 10.00. The number of carboxylic acid groups (broad SMARTS) is 1. The molecular formula is C42H44N14O5. The SMILES string of the molecule is NC1(CO)CCN(c2nccn3cccc23)C1.O=C(N[C@@]1(CO)CCN(c2nccn3cccc23)C1)c1ncn(-c2ccccc2)n1.O=C(O)c1ncn(-c2ccccc2)n1. The number of carbonyl (C=O) groups is 2. The van der Waals surface area contributed by atoms with Crippen molar-refractivity contribution in [2.45, 2.75) is 23.9 Å². The number of hydrogen-bond acceptors (Lipinski definition) is 13. The average molecular weight is 825 g/mol. The fourth-order valence-corrected chi connectivity index (χ4v) is 7.36. The number of amides is 1. The molecule has 0 spiro atoms. The Labute approximate surface area is 349 Å². The first kappa shape index (κ1) is 40.3. The monoisotopic (exact) mass is 824 g/mol. The number of hydrogen-bond donors (Lipinski definition) is 5. The van der Waals surface area contributed by atoms with Gasteiger partial charge in [-0.25, -0.2) is 34.1 Å². The molecule has 6 N–H and O–H groups in total. The molecule has 19 heteroatoms. The average Bonchev–Trinajstić information content (AvgIpc) is 4.15. The normalized spacial score (nSPS) is 18.4. The highest BCUT2D eigenvalue weighted by molar-refractivity contribution is 5.91. The van der Waals surface area contributed by atoms with Gasteiger partial charge in [0.1, 0.15) is 12.7 Å². The molecule has 1 unspecified atom stereocenters. The summed E-state index contributed by atoms with van der Waals surface area (Å²) in [6.07, 6.45) is 15.6. The molecule has 2 aliphatic heterocycles. The standard InChI is InChI=1S/C21H21N7O2.C12H16N4O.C9H7N3O2/c29-14-21(8-11-27(13-21)19-17-7-4-10-26(17)12-9-22-19)24-20(30)18-23-15-28(25-18)16-5-2-1-3-6-16;13-12(9-17)3-6-16(8-12)11-10-2-1-5-15(10)7-4-14-11;13-9(14)8-10-6-12(11-8)7-4-2-1-3-5-7/h1-7,9-10,12,15,29H,8,11,13-14H2,(H,24,30);1-2,4-5,7,17H,3,6,8-9,13H2;1-6H,(H,13,14)/t21-;;/m0../s1. The summed E-state index contributed by atoms with van der Waals surface area (Å²) in [4.78, 5) is 44.3. The molecule has 0 saturated carbocycles. The van der Waals surface area contributed by atoms with E-state index in [4.69, 9.17) is 10.8 Å². The Morgan fingerprint density at radius 1 is 0.639 bits per heavy atom. The molecule has 8 aromatic rings. The number of carbonyl (C=O) groups excluding carboxylic acids is 1. The van der Waals surface area contributed by atoms with E-state index >= 15 is 0 Å². The van der Waals surface area contributed by atoms with Crippen molar-refractivity contribution in [3.05, 3.63) is 146 Å². The molecule has 6 aromatic heterocycles. The number of nitrogens with zero attached hydrogens (tertiary/aromatic N) is 12. The predicted molar refractivity (Wildman–Crippen MR) is 225 cm³/mol. The molecule has 312 valence electrons. The topological polar surface area (TPSA) is 235 Å². The van der Waals surface area contributed by atoms with E-state index in [1.54, 1.807) is 17.1 Å². The molecule has 0 bridgehead atoms. The van der Waals surface area contributed by atoms with E-state index in [1.807, 2.05) is 119 Å². The van der Waals surface area contributed by atoms with Gasteiger partial charge in [0.05, 0.1) is 46.7 Å². The van der Waals surface area contributed by atoms with Crippen molar-refractivity contribution in [1.29, 1.82) is 0 Å². The summed E-state index contributed by atoms with van der Waals surface area (Å²) in [7, 11) is 0. The van der Waals surface area contributed by atoms with Gasteiger partial charge >= 0.3 is 5.97 Å². The minimum Gasteiger partial charge on any atom is -0.475 e. The fraction of sp³-hybridized carbons (Fsp3) is 0.238. The number of aromatic nitrogens is 10. The second-order valence-corrected chi connectivity index (χ2v) is 14.9. The number of rotatable bonds is 9. The largest absolute Gasteiger partial charge is 0.475 e. The third-order valence-electron chi connectivity index (χ3n) is 10.6. The number of fused-ring (bicyclic) bond motifs is 2. The summed E-state index contributed by atoms with van der Waals surface area (Å²) < 4.78 is 7.01. The molecule has 2 aliphatic rings. The van der Waals surface area contributed by atoms with Gasteiger partial charge in [-0.3, -0.25) is 4.79 Å². The molecule has 61 heavy (non-hydrogen) atoms. The zero-order valence-corrected chi connectivity index (χ0v) is 33.0. The van der Waals surface area contributed by atoms with Crippen LogP contribution in [0.4, 0.5) is 11.6 Å². The molecular weight excluding hydrogens is 781 g/mol. The molecule has 8 heterocycles. The summed E-state index contributed by atoms with van der Waals surface area (Å²) in [5, 5.41) is 39.0. The van der Waals surface area contributed by atoms with Crippen molar-refractivity contribution in [2.24, 2.45) is 5.73 Å². The summed E-state index contributed by atoms with van der Waals surface area (Å²) in [6, 6.07) is 26.7. The van der Waals surface area contributed by atoms with Gasteiger partial charge in [0, 0.05) is 63.4 Å². The number of aliphatic hydroxyl groups is 2. The maximum absolute atomic E-state index is 12.8. The van der Waals surface area contributed by atoms with Gasteiger partial charge < -0.3 is 45.0 Å². The van der Waals surface area contributed by atoms with Crippen LogP contribution in [0.15, 0.2) is 135 Å². The number of aliphatic hydroxyl groups excluding tert-OH is 2. The minimum atomic E-state index is -1.13. The second-order valence-electron chi connectivity index (χ2n) is 14.9. The van der Waals surface area contributed by atoms with E-state index in [2.05, 4.69) is 45.2 Å². The molecule has 2 aromatic carbocycles. The van der Waals surface area contributed by atoms with Gasteiger partial charge in [-0.1, -0.05) is 36.4 Å². The predicted octanol–water partition coefficient (Wildman–Crippen LogP) is 2.49. The van der Waals surface area contributed by atoms with Crippen molar-refractivity contribution in [1.82, 2.24) is 53.6 Å². The Morgan fingerprint density at radius 3 is 1.67 bits per heavy atom. The third kappa shape index (κ3) is 8.79. The van der Waals surface area contributed by atoms with Crippen LogP contribution in [-0.4, -0.2) is 126 Å². The van der Waals surface area contributed by atoms with Gasteiger partial charge in [0.2, 0.25) is 5.82 Å². The number of anilines is 2. The Kier molecular flexibility index (Phi) is 11.5. The number of nitrogens with two attached hydrogens (primary N) is 1. The van der Waals surface area contributed by atoms with Gasteiger partial charge in [-0.05, 0) is 61.4 Å². The number of carboxylic acids is 1. The number of benzene rings is 2. The first-order chi connectivity index (χ1) is 29.7. The summed E-state index contributed by atoms with van der Waals surface area (Å²) >= 11 is 0. The van der Waals surface area contributed by atoms with Crippen molar-refractivity contribution < 1.29 is 24.9 Å². The van der Waals surface area contributed by atoms with Crippen LogP contribution in [0, 0.1) is 0 Å². The van der Waals surface area contributed by atoms with Crippen LogP contribution in [0.1, 0.15) is 34.1 Å². The Bertz CT molecular complexity index is 2730. The fourth-order valence-electron chi connectivity index (χ4n) is 7.36. The maximum Gasteiger partial charge on any atom is 0.375 e. The Hall–Kier alpha value is -7.48. The van der Waals surface area contributed by atoms with E-state index in [9.17, 15) is 19.8 Å². The molecule has 2 saturated heterocycles. The van der Waals surface area contributed by atoms with E-state index in [1.165, 1.54) is 17.3 Å². The van der Waals surface area contributed by atoms with Crippen LogP contribution in [-0.2, 0) is 0 Å². The summed E-state index contributed by atoms with van der Waals surface area (Å²) in [5.74, 6) is 0.108. The first-order valence-corrected chi connectivity index (χ1v) is 19.5. The molecule has 2 fully saturated rings. The number of para-hydroxylation sites is 2. The van der Waals surface area contributed by atoms with Crippen LogP contribution >= 0.6 is 0 Å². The van der Waals surface area contributed by atoms with E-state index in [0.717, 1.165) is 47.0 Å². The van der Waals surface area contributed by atoms with Gasteiger partial charge in [0.15, 0.2) is 11.6 Å². The molecule has 19 nitrogen and oxygen atoms in total. The second kappa shape index (κ2) is 17.4. The van der Waals surface area contributed by atoms with Crippen molar-refractivity contribution >= 4 is 34.5 Å². The van der Waals surface area contributed by atoms with Crippen LogP contribution in [0.25, 0.3) is 22.4 Å². The smallest absolute Gasteiger partial charge is 0.375 e. The van der Waals surface area contributed by atoms with E-state index in [0.29, 0.717) is 26.1 Å². The molecule has 0 radical (unpaired) electrons. The Balaban J connectivity index is 0.000000140. The van der Waals surface area contributed by atoms with Gasteiger partial charge in [-0.2, -0.15) is 0 Å². The molecule has 1 amide bonds. The molecule has 10 rings (SSSR count). The highest BCUT2D eigenvalue weighted by Gasteiger charge is 2.41. The van der Waals surface area contributed by atoms with Gasteiger partial charge in [-0.15, -0.1) is 10.2 Å².